The number of ether oxygens (including phenoxy) is 2. The van der Waals surface area contributed by atoms with E-state index < -0.39 is 0 Å². The maximum Gasteiger partial charge on any atom is 0.257 e. The minimum absolute atomic E-state index is 0.320. The van der Waals surface area contributed by atoms with Crippen molar-refractivity contribution in [3.63, 3.8) is 0 Å². The third-order valence-corrected chi connectivity index (χ3v) is 3.73. The first kappa shape index (κ1) is 18.1. The molecule has 0 aliphatic heterocycles. The van der Waals surface area contributed by atoms with Crippen LogP contribution in [-0.2, 0) is 6.54 Å². The maximum absolute atomic E-state index is 12.4. The van der Waals surface area contributed by atoms with Crippen LogP contribution in [0.4, 0.5) is 11.6 Å². The molecule has 0 spiro atoms. The first-order valence-electron chi connectivity index (χ1n) is 8.20. The lowest BCUT2D eigenvalue weighted by Gasteiger charge is -2.10. The molecule has 0 atom stereocenters. The number of benzene rings is 1. The highest BCUT2D eigenvalue weighted by Crippen LogP contribution is 2.27. The number of aromatic nitrogens is 3. The highest BCUT2D eigenvalue weighted by Gasteiger charge is 2.11. The Labute approximate surface area is 156 Å². The summed E-state index contributed by atoms with van der Waals surface area (Å²) in [5, 5.41) is 13.9. The van der Waals surface area contributed by atoms with Crippen molar-refractivity contribution in [1.82, 2.24) is 15.2 Å². The van der Waals surface area contributed by atoms with E-state index in [1.54, 1.807) is 36.5 Å². The van der Waals surface area contributed by atoms with E-state index >= 15 is 0 Å². The number of methoxy groups -OCH3 is 2. The maximum atomic E-state index is 12.4. The fourth-order valence-corrected chi connectivity index (χ4v) is 2.34. The molecule has 1 aromatic carbocycles. The third kappa shape index (κ3) is 4.69. The molecule has 8 nitrogen and oxygen atoms in total. The number of amides is 1. The number of carbonyl (C=O) groups is 1. The SMILES string of the molecule is COc1ccc(C(=O)Nc2ccc(NCc3ccccn3)nn2)cc1OC. The van der Waals surface area contributed by atoms with Crippen molar-refractivity contribution in [2.24, 2.45) is 0 Å². The third-order valence-electron chi connectivity index (χ3n) is 3.73. The molecule has 27 heavy (non-hydrogen) atoms. The first-order valence-corrected chi connectivity index (χ1v) is 8.20. The highest BCUT2D eigenvalue weighted by atomic mass is 16.5. The highest BCUT2D eigenvalue weighted by molar-refractivity contribution is 6.04. The summed E-state index contributed by atoms with van der Waals surface area (Å²) in [4.78, 5) is 16.6. The number of nitrogens with one attached hydrogen (secondary N) is 2. The van der Waals surface area contributed by atoms with E-state index in [1.807, 2.05) is 18.2 Å². The van der Waals surface area contributed by atoms with Gasteiger partial charge in [0.15, 0.2) is 17.3 Å². The molecule has 0 fully saturated rings. The van der Waals surface area contributed by atoms with Crippen molar-refractivity contribution in [2.45, 2.75) is 6.54 Å². The van der Waals surface area contributed by atoms with E-state index in [0.717, 1.165) is 5.69 Å². The molecule has 0 radical (unpaired) electrons. The van der Waals surface area contributed by atoms with Crippen LogP contribution in [0.2, 0.25) is 0 Å². The Hall–Kier alpha value is -3.68. The molecule has 0 bridgehead atoms. The lowest BCUT2D eigenvalue weighted by Crippen LogP contribution is -2.14. The first-order chi connectivity index (χ1) is 13.2. The standard InChI is InChI=1S/C19H19N5O3/c1-26-15-7-6-13(11-16(15)27-2)19(25)22-18-9-8-17(23-24-18)21-12-14-5-3-4-10-20-14/h3-11H,12H2,1-2H3,(H,21,23)(H,22,24,25). The Morgan fingerprint density at radius 2 is 1.74 bits per heavy atom. The largest absolute Gasteiger partial charge is 0.493 e. The smallest absolute Gasteiger partial charge is 0.257 e. The van der Waals surface area contributed by atoms with Gasteiger partial charge in [0.25, 0.3) is 5.91 Å². The average molecular weight is 365 g/mol. The zero-order valence-corrected chi connectivity index (χ0v) is 15.0. The monoisotopic (exact) mass is 365 g/mol. The predicted molar refractivity (Wildman–Crippen MR) is 101 cm³/mol. The molecule has 0 unspecified atom stereocenters. The van der Waals surface area contributed by atoms with Crippen molar-refractivity contribution in [1.29, 1.82) is 0 Å². The van der Waals surface area contributed by atoms with Crippen molar-refractivity contribution in [2.75, 3.05) is 24.9 Å². The molecule has 2 aromatic heterocycles. The van der Waals surface area contributed by atoms with Crippen molar-refractivity contribution < 1.29 is 14.3 Å². The van der Waals surface area contributed by atoms with E-state index in [2.05, 4.69) is 25.8 Å². The number of rotatable bonds is 7. The number of carbonyl (C=O) groups excluding carboxylic acids is 1. The normalized spacial score (nSPS) is 10.1. The van der Waals surface area contributed by atoms with Crippen molar-refractivity contribution in [3.05, 3.63) is 66.0 Å². The summed E-state index contributed by atoms with van der Waals surface area (Å²) in [5.74, 6) is 1.64. The molecule has 0 saturated carbocycles. The molecule has 0 saturated heterocycles. The van der Waals surface area contributed by atoms with E-state index in [0.29, 0.717) is 35.2 Å². The molecule has 2 N–H and O–H groups in total. The zero-order valence-electron chi connectivity index (χ0n) is 15.0. The van der Waals surface area contributed by atoms with Crippen molar-refractivity contribution >= 4 is 17.5 Å². The van der Waals surface area contributed by atoms with Crippen LogP contribution in [-0.4, -0.2) is 35.3 Å². The van der Waals surface area contributed by atoms with Crippen LogP contribution in [0.15, 0.2) is 54.7 Å². The Kier molecular flexibility index (Phi) is 5.78. The van der Waals surface area contributed by atoms with Gasteiger partial charge in [-0.1, -0.05) is 6.07 Å². The van der Waals surface area contributed by atoms with E-state index in [9.17, 15) is 4.79 Å². The van der Waals surface area contributed by atoms with Crippen LogP contribution < -0.4 is 20.1 Å². The summed E-state index contributed by atoms with van der Waals surface area (Å²) < 4.78 is 10.4. The van der Waals surface area contributed by atoms with Gasteiger partial charge >= 0.3 is 0 Å². The molecule has 138 valence electrons. The minimum Gasteiger partial charge on any atom is -0.493 e. The van der Waals surface area contributed by atoms with E-state index in [1.165, 1.54) is 14.2 Å². The summed E-state index contributed by atoms with van der Waals surface area (Å²) in [6, 6.07) is 14.0. The van der Waals surface area contributed by atoms with Gasteiger partial charge in [-0.2, -0.15) is 0 Å². The zero-order chi connectivity index (χ0) is 19.1. The van der Waals surface area contributed by atoms with E-state index in [-0.39, 0.29) is 5.91 Å². The van der Waals surface area contributed by atoms with Gasteiger partial charge in [0.2, 0.25) is 0 Å². The number of hydrogen-bond acceptors (Lipinski definition) is 7. The van der Waals surface area contributed by atoms with Gasteiger partial charge in [-0.05, 0) is 42.5 Å². The molecule has 2 heterocycles. The number of hydrogen-bond donors (Lipinski definition) is 2. The molecule has 0 aliphatic carbocycles. The summed E-state index contributed by atoms with van der Waals surface area (Å²) in [7, 11) is 3.05. The topological polar surface area (TPSA) is 98.3 Å². The van der Waals surface area contributed by atoms with Crippen molar-refractivity contribution in [3.8, 4) is 11.5 Å². The Bertz CT molecular complexity index is 901. The van der Waals surface area contributed by atoms with Crippen LogP contribution >= 0.6 is 0 Å². The number of pyridine rings is 1. The van der Waals surface area contributed by atoms with Gasteiger partial charge in [0, 0.05) is 11.8 Å². The van der Waals surface area contributed by atoms with Gasteiger partial charge in [-0.3, -0.25) is 9.78 Å². The van der Waals surface area contributed by atoms with Gasteiger partial charge < -0.3 is 20.1 Å². The molecule has 3 rings (SSSR count). The lowest BCUT2D eigenvalue weighted by atomic mass is 10.2. The lowest BCUT2D eigenvalue weighted by molar-refractivity contribution is 0.102. The van der Waals surface area contributed by atoms with Gasteiger partial charge in [-0.25, -0.2) is 0 Å². The van der Waals surface area contributed by atoms with E-state index in [4.69, 9.17) is 9.47 Å². The Morgan fingerprint density at radius 1 is 0.963 bits per heavy atom. The van der Waals surface area contributed by atoms with Gasteiger partial charge in [-0.15, -0.1) is 10.2 Å². The number of nitrogens with zero attached hydrogens (tertiary/aromatic N) is 3. The molecule has 0 aliphatic rings. The molecular formula is C19H19N5O3. The fraction of sp³-hybridized carbons (Fsp3) is 0.158. The minimum atomic E-state index is -0.320. The second-order valence-corrected chi connectivity index (χ2v) is 5.50. The molecular weight excluding hydrogens is 346 g/mol. The van der Waals surface area contributed by atoms with Crippen LogP contribution in [0.3, 0.4) is 0 Å². The van der Waals surface area contributed by atoms with Crippen LogP contribution in [0.5, 0.6) is 11.5 Å². The Balaban J connectivity index is 1.61. The quantitative estimate of drug-likeness (QED) is 0.664. The summed E-state index contributed by atoms with van der Waals surface area (Å²) in [5.41, 5.74) is 1.32. The molecule has 3 aromatic rings. The second kappa shape index (κ2) is 8.61. The molecule has 1 amide bonds. The van der Waals surface area contributed by atoms with Gasteiger partial charge in [0.05, 0.1) is 26.5 Å². The summed E-state index contributed by atoms with van der Waals surface area (Å²) >= 11 is 0. The molecule has 8 heteroatoms. The van der Waals surface area contributed by atoms with Gasteiger partial charge in [0.1, 0.15) is 5.82 Å². The van der Waals surface area contributed by atoms with Crippen LogP contribution in [0, 0.1) is 0 Å². The summed E-state index contributed by atoms with van der Waals surface area (Å²) in [6.07, 6.45) is 1.73. The second-order valence-electron chi connectivity index (χ2n) is 5.50. The Morgan fingerprint density at radius 3 is 2.41 bits per heavy atom. The predicted octanol–water partition coefficient (Wildman–Crippen LogP) is 2.75. The summed E-state index contributed by atoms with van der Waals surface area (Å²) in [6.45, 7) is 0.535. The average Bonchev–Trinajstić information content (AvgIpc) is 2.73. The van der Waals surface area contributed by atoms with Crippen LogP contribution in [0.1, 0.15) is 16.1 Å². The fourth-order valence-electron chi connectivity index (χ4n) is 2.34. The van der Waals surface area contributed by atoms with Crippen LogP contribution in [0.25, 0.3) is 0 Å². The number of anilines is 2.